The highest BCUT2D eigenvalue weighted by Gasteiger charge is 2.55. The van der Waals surface area contributed by atoms with E-state index in [1.807, 2.05) is 11.0 Å². The molecule has 2 aliphatic heterocycles. The summed E-state index contributed by atoms with van der Waals surface area (Å²) >= 11 is 0. The van der Waals surface area contributed by atoms with Gasteiger partial charge in [0.25, 0.3) is 17.7 Å². The predicted octanol–water partition coefficient (Wildman–Crippen LogP) is 4.92. The first-order chi connectivity index (χ1) is 20.6. The Kier molecular flexibility index (Phi) is 7.81. The van der Waals surface area contributed by atoms with Crippen molar-refractivity contribution in [3.05, 3.63) is 59.4 Å². The van der Waals surface area contributed by atoms with Crippen molar-refractivity contribution in [2.75, 3.05) is 18.0 Å². The first-order valence-electron chi connectivity index (χ1n) is 14.5. The van der Waals surface area contributed by atoms with Crippen LogP contribution in [0.4, 0.5) is 19.0 Å². The van der Waals surface area contributed by atoms with E-state index in [0.717, 1.165) is 62.1 Å². The number of hydrogen-bond acceptors (Lipinski definition) is 9. The normalized spacial score (nSPS) is 19.8. The quantitative estimate of drug-likeness (QED) is 0.371. The minimum atomic E-state index is -2.81. The molecule has 2 saturated carbocycles. The summed E-state index contributed by atoms with van der Waals surface area (Å²) in [6, 6.07) is 4.49. The number of ether oxygens (including phenoxy) is 2. The lowest BCUT2D eigenvalue weighted by Gasteiger charge is -2.58. The fourth-order valence-corrected chi connectivity index (χ4v) is 6.81. The number of amides is 1. The van der Waals surface area contributed by atoms with Crippen molar-refractivity contribution in [2.24, 2.45) is 5.41 Å². The molecule has 10 nitrogen and oxygen atoms in total. The Balaban J connectivity index is 0.00000343. The van der Waals surface area contributed by atoms with Crippen LogP contribution in [-0.4, -0.2) is 68.2 Å². The Bertz CT molecular complexity index is 1560. The minimum Gasteiger partial charge on any atom is -0.490 e. The largest absolute Gasteiger partial charge is 0.490 e. The summed E-state index contributed by atoms with van der Waals surface area (Å²) in [6.45, 7) is 6.47. The zero-order valence-corrected chi connectivity index (χ0v) is 25.1. The van der Waals surface area contributed by atoms with E-state index in [4.69, 9.17) is 9.47 Å². The highest BCUT2D eigenvalue weighted by molar-refractivity contribution is 5.97. The van der Waals surface area contributed by atoms with E-state index < -0.39 is 36.5 Å². The molecule has 44 heavy (non-hydrogen) atoms. The SMILES string of the molecule is CC(C)N(C(=O)c1cc(F)ccc1Oc1nncnc1N1CC2(CC(Oc3ccnc4c3CNC4)C2)C1)C1CC(F)(F)C1.Cl. The Morgan fingerprint density at radius 1 is 1.09 bits per heavy atom. The van der Waals surface area contributed by atoms with E-state index in [0.29, 0.717) is 5.82 Å². The molecule has 4 heterocycles. The molecule has 4 aliphatic rings. The molecule has 2 aliphatic carbocycles. The molecule has 2 aromatic heterocycles. The van der Waals surface area contributed by atoms with Gasteiger partial charge in [0.1, 0.15) is 29.7 Å². The Morgan fingerprint density at radius 2 is 1.86 bits per heavy atom. The van der Waals surface area contributed by atoms with Crippen molar-refractivity contribution < 1.29 is 27.4 Å². The molecule has 1 N–H and O–H groups in total. The summed E-state index contributed by atoms with van der Waals surface area (Å²) in [5, 5.41) is 11.3. The zero-order valence-electron chi connectivity index (χ0n) is 24.3. The molecule has 0 atom stereocenters. The Labute approximate surface area is 258 Å². The fourth-order valence-electron chi connectivity index (χ4n) is 6.81. The van der Waals surface area contributed by atoms with Crippen molar-refractivity contribution in [1.29, 1.82) is 0 Å². The van der Waals surface area contributed by atoms with Gasteiger partial charge in [-0.2, -0.15) is 0 Å². The summed E-state index contributed by atoms with van der Waals surface area (Å²) in [6.07, 6.45) is 4.20. The van der Waals surface area contributed by atoms with Crippen molar-refractivity contribution in [2.45, 2.75) is 76.7 Å². The van der Waals surface area contributed by atoms with Crippen LogP contribution in [-0.2, 0) is 13.1 Å². The molecule has 3 aromatic rings. The lowest BCUT2D eigenvalue weighted by Crippen LogP contribution is -2.65. The van der Waals surface area contributed by atoms with E-state index in [1.165, 1.54) is 23.4 Å². The average molecular weight is 632 g/mol. The summed E-state index contributed by atoms with van der Waals surface area (Å²) < 4.78 is 54.1. The van der Waals surface area contributed by atoms with Crippen LogP contribution in [0.15, 0.2) is 36.8 Å². The van der Waals surface area contributed by atoms with Crippen LogP contribution < -0.4 is 19.7 Å². The number of fused-ring (bicyclic) bond motifs is 1. The molecule has 7 rings (SSSR count). The van der Waals surface area contributed by atoms with Gasteiger partial charge >= 0.3 is 0 Å². The number of benzene rings is 1. The van der Waals surface area contributed by atoms with Gasteiger partial charge in [-0.05, 0) is 51.0 Å². The molecule has 1 amide bonds. The van der Waals surface area contributed by atoms with Crippen LogP contribution in [0.25, 0.3) is 0 Å². The number of hydrogen-bond donors (Lipinski definition) is 1. The summed E-state index contributed by atoms with van der Waals surface area (Å²) in [5.41, 5.74) is 2.20. The van der Waals surface area contributed by atoms with Crippen LogP contribution in [0.1, 0.15) is 61.1 Å². The van der Waals surface area contributed by atoms with Crippen molar-refractivity contribution in [3.63, 3.8) is 0 Å². The number of pyridine rings is 1. The summed E-state index contributed by atoms with van der Waals surface area (Å²) in [4.78, 5) is 25.8. The summed E-state index contributed by atoms with van der Waals surface area (Å²) in [7, 11) is 0. The number of halogens is 4. The molecule has 1 saturated heterocycles. The number of aromatic nitrogens is 4. The standard InChI is InChI=1S/C30H32F3N7O3.ClH/c1-17(2)40(19-8-30(32,33)9-19)28(41)21-7-18(31)3-4-24(21)43-27-26(36-16-37-38-27)39-14-29(15-39)10-20(11-29)42-25-5-6-35-23-13-34-12-22(23)25;/h3-7,16-17,19-20,34H,8-15H2,1-2H3;1H. The van der Waals surface area contributed by atoms with Gasteiger partial charge in [0, 0.05) is 68.3 Å². The number of nitrogens with one attached hydrogen (secondary N) is 1. The van der Waals surface area contributed by atoms with E-state index in [2.05, 4.69) is 25.5 Å². The van der Waals surface area contributed by atoms with Crippen LogP contribution in [0, 0.1) is 11.2 Å². The molecule has 0 bridgehead atoms. The van der Waals surface area contributed by atoms with Gasteiger partial charge in [-0.3, -0.25) is 9.78 Å². The Hall–Kier alpha value is -3.71. The van der Waals surface area contributed by atoms with Crippen molar-refractivity contribution >= 4 is 24.1 Å². The third-order valence-corrected chi connectivity index (χ3v) is 8.87. The molecule has 14 heteroatoms. The monoisotopic (exact) mass is 631 g/mol. The molecule has 0 unspecified atom stereocenters. The van der Waals surface area contributed by atoms with E-state index >= 15 is 0 Å². The maximum absolute atomic E-state index is 14.4. The molecular formula is C30H33ClF3N7O3. The second-order valence-electron chi connectivity index (χ2n) is 12.4. The van der Waals surface area contributed by atoms with Crippen LogP contribution in [0.5, 0.6) is 17.4 Å². The van der Waals surface area contributed by atoms with Gasteiger partial charge in [0.15, 0.2) is 5.82 Å². The van der Waals surface area contributed by atoms with Gasteiger partial charge < -0.3 is 24.6 Å². The van der Waals surface area contributed by atoms with E-state index in [1.54, 1.807) is 20.0 Å². The van der Waals surface area contributed by atoms with Crippen molar-refractivity contribution in [3.8, 4) is 17.4 Å². The van der Waals surface area contributed by atoms with Gasteiger partial charge in [-0.25, -0.2) is 18.2 Å². The molecule has 0 radical (unpaired) electrons. The molecule has 234 valence electrons. The second-order valence-corrected chi connectivity index (χ2v) is 12.4. The highest BCUT2D eigenvalue weighted by Crippen LogP contribution is 2.52. The molecular weight excluding hydrogens is 599 g/mol. The predicted molar refractivity (Wildman–Crippen MR) is 156 cm³/mol. The molecule has 1 spiro atoms. The van der Waals surface area contributed by atoms with Crippen LogP contribution in [0.3, 0.4) is 0 Å². The van der Waals surface area contributed by atoms with Gasteiger partial charge in [0.05, 0.1) is 11.3 Å². The van der Waals surface area contributed by atoms with Gasteiger partial charge in [-0.15, -0.1) is 22.6 Å². The number of alkyl halides is 2. The smallest absolute Gasteiger partial charge is 0.282 e. The number of anilines is 1. The van der Waals surface area contributed by atoms with Crippen molar-refractivity contribution in [1.82, 2.24) is 30.4 Å². The number of nitrogens with zero attached hydrogens (tertiary/aromatic N) is 6. The van der Waals surface area contributed by atoms with Crippen LogP contribution in [0.2, 0.25) is 0 Å². The maximum Gasteiger partial charge on any atom is 0.282 e. The zero-order chi connectivity index (χ0) is 29.9. The minimum absolute atomic E-state index is 0. The highest BCUT2D eigenvalue weighted by atomic mass is 35.5. The maximum atomic E-state index is 14.4. The molecule has 3 fully saturated rings. The number of carbonyl (C=O) groups is 1. The van der Waals surface area contributed by atoms with E-state index in [-0.39, 0.29) is 47.2 Å². The topological polar surface area (TPSA) is 106 Å². The Morgan fingerprint density at radius 3 is 2.59 bits per heavy atom. The first-order valence-corrected chi connectivity index (χ1v) is 14.5. The number of rotatable bonds is 8. The van der Waals surface area contributed by atoms with E-state index in [9.17, 15) is 18.0 Å². The third-order valence-electron chi connectivity index (χ3n) is 8.87. The lowest BCUT2D eigenvalue weighted by atomic mass is 9.61. The first kappa shape index (κ1) is 30.3. The summed E-state index contributed by atoms with van der Waals surface area (Å²) in [5.74, 6) is -2.54. The van der Waals surface area contributed by atoms with Gasteiger partial charge in [0.2, 0.25) is 0 Å². The second kappa shape index (κ2) is 11.3. The fraction of sp³-hybridized carbons (Fsp3) is 0.500. The van der Waals surface area contributed by atoms with Crippen LogP contribution >= 0.6 is 12.4 Å². The average Bonchev–Trinajstić information content (AvgIpc) is 3.39. The third kappa shape index (κ3) is 5.51. The molecule has 1 aromatic carbocycles. The van der Waals surface area contributed by atoms with Gasteiger partial charge in [-0.1, -0.05) is 0 Å². The lowest BCUT2D eigenvalue weighted by molar-refractivity contribution is -0.120. The number of carbonyl (C=O) groups excluding carboxylic acids is 1.